The highest BCUT2D eigenvalue weighted by atomic mass is 16.5. The first-order valence-corrected chi connectivity index (χ1v) is 11.1. The highest BCUT2D eigenvalue weighted by molar-refractivity contribution is 6.03. The number of nitrogens with one attached hydrogen (secondary N) is 1. The highest BCUT2D eigenvalue weighted by Gasteiger charge is 2.35. The fourth-order valence-electron chi connectivity index (χ4n) is 4.18. The Hall–Kier alpha value is -3.48. The van der Waals surface area contributed by atoms with Gasteiger partial charge in [0.05, 0.1) is 5.92 Å². The van der Waals surface area contributed by atoms with Crippen LogP contribution in [-0.2, 0) is 9.59 Å². The van der Waals surface area contributed by atoms with Gasteiger partial charge in [-0.1, -0.05) is 29.8 Å². The number of benzene rings is 2. The molecule has 1 atom stereocenters. The first-order chi connectivity index (χ1) is 15.5. The zero-order chi connectivity index (χ0) is 22.2. The minimum absolute atomic E-state index is 0.0642. The summed E-state index contributed by atoms with van der Waals surface area (Å²) in [5, 5.41) is 7.08. The molecule has 7 heteroatoms. The first-order valence-electron chi connectivity index (χ1n) is 11.1. The molecule has 2 fully saturated rings. The van der Waals surface area contributed by atoms with Crippen molar-refractivity contribution in [3.05, 3.63) is 59.5 Å². The highest BCUT2D eigenvalue weighted by Crippen LogP contribution is 2.36. The molecule has 1 saturated heterocycles. The molecule has 1 aliphatic carbocycles. The second-order valence-corrected chi connectivity index (χ2v) is 8.83. The summed E-state index contributed by atoms with van der Waals surface area (Å²) in [6, 6.07) is 13.4. The van der Waals surface area contributed by atoms with Gasteiger partial charge < -0.3 is 14.7 Å². The molecule has 1 aromatic heterocycles. The van der Waals surface area contributed by atoms with Gasteiger partial charge >= 0.3 is 0 Å². The molecule has 3 aromatic rings. The number of hydrogen-bond acceptors (Lipinski definition) is 5. The van der Waals surface area contributed by atoms with Crippen molar-refractivity contribution in [1.29, 1.82) is 0 Å². The number of aryl methyl sites for hydroxylation is 2. The topological polar surface area (TPSA) is 88.3 Å². The SMILES string of the molecule is Cc1ccc(NC(=O)[C@@H]2CC(=O)N(c3cccc(-c4noc(C5CCC5)n4)c3)C2)cc1C. The summed E-state index contributed by atoms with van der Waals surface area (Å²) in [7, 11) is 0. The molecule has 7 nitrogen and oxygen atoms in total. The summed E-state index contributed by atoms with van der Waals surface area (Å²) in [6.45, 7) is 4.39. The van der Waals surface area contributed by atoms with E-state index in [1.807, 2.05) is 56.3 Å². The maximum absolute atomic E-state index is 12.8. The lowest BCUT2D eigenvalue weighted by Crippen LogP contribution is -2.28. The van der Waals surface area contributed by atoms with Crippen LogP contribution in [0.3, 0.4) is 0 Å². The van der Waals surface area contributed by atoms with Gasteiger partial charge in [-0.2, -0.15) is 4.98 Å². The van der Waals surface area contributed by atoms with Gasteiger partial charge in [0.25, 0.3) is 0 Å². The van der Waals surface area contributed by atoms with Gasteiger partial charge in [0.2, 0.25) is 23.5 Å². The molecule has 1 saturated carbocycles. The third-order valence-electron chi connectivity index (χ3n) is 6.58. The van der Waals surface area contributed by atoms with Gasteiger partial charge in [-0.25, -0.2) is 0 Å². The monoisotopic (exact) mass is 430 g/mol. The third kappa shape index (κ3) is 3.90. The molecule has 2 amide bonds. The molecule has 5 rings (SSSR count). The third-order valence-corrected chi connectivity index (χ3v) is 6.58. The largest absolute Gasteiger partial charge is 0.339 e. The van der Waals surface area contributed by atoms with Gasteiger partial charge in [0, 0.05) is 35.8 Å². The van der Waals surface area contributed by atoms with Gasteiger partial charge in [-0.05, 0) is 62.1 Å². The average molecular weight is 431 g/mol. The van der Waals surface area contributed by atoms with Crippen molar-refractivity contribution in [1.82, 2.24) is 10.1 Å². The molecular formula is C25H26N4O3. The van der Waals surface area contributed by atoms with Gasteiger partial charge in [-0.15, -0.1) is 0 Å². The Balaban J connectivity index is 1.29. The van der Waals surface area contributed by atoms with Crippen molar-refractivity contribution in [2.75, 3.05) is 16.8 Å². The summed E-state index contributed by atoms with van der Waals surface area (Å²) in [5.74, 6) is 0.995. The van der Waals surface area contributed by atoms with Crippen molar-refractivity contribution >= 4 is 23.2 Å². The van der Waals surface area contributed by atoms with E-state index in [2.05, 4.69) is 15.5 Å². The van der Waals surface area contributed by atoms with E-state index in [9.17, 15) is 9.59 Å². The Bertz CT molecular complexity index is 1180. The Labute approximate surface area is 186 Å². The number of rotatable bonds is 5. The molecule has 2 heterocycles. The van der Waals surface area contributed by atoms with Crippen LogP contribution in [0.1, 0.15) is 48.6 Å². The minimum Gasteiger partial charge on any atom is -0.339 e. The zero-order valence-corrected chi connectivity index (χ0v) is 18.3. The van der Waals surface area contributed by atoms with E-state index in [-0.39, 0.29) is 18.2 Å². The molecule has 32 heavy (non-hydrogen) atoms. The van der Waals surface area contributed by atoms with Crippen molar-refractivity contribution < 1.29 is 14.1 Å². The Morgan fingerprint density at radius 1 is 1.12 bits per heavy atom. The van der Waals surface area contributed by atoms with Gasteiger partial charge in [-0.3, -0.25) is 9.59 Å². The quantitative estimate of drug-likeness (QED) is 0.638. The molecule has 1 aliphatic heterocycles. The number of carbonyl (C=O) groups excluding carboxylic acids is 2. The zero-order valence-electron chi connectivity index (χ0n) is 18.3. The second-order valence-electron chi connectivity index (χ2n) is 8.83. The van der Waals surface area contributed by atoms with Crippen LogP contribution in [0.15, 0.2) is 47.0 Å². The molecule has 2 aromatic carbocycles. The lowest BCUT2D eigenvalue weighted by molar-refractivity contribution is -0.122. The normalized spacial score (nSPS) is 18.6. The summed E-state index contributed by atoms with van der Waals surface area (Å²) < 4.78 is 5.44. The number of hydrogen-bond donors (Lipinski definition) is 1. The Morgan fingerprint density at radius 3 is 2.72 bits per heavy atom. The number of anilines is 2. The minimum atomic E-state index is -0.400. The van der Waals surface area contributed by atoms with Crippen LogP contribution in [0.5, 0.6) is 0 Å². The Morgan fingerprint density at radius 2 is 1.97 bits per heavy atom. The van der Waals surface area contributed by atoms with Crippen LogP contribution in [0, 0.1) is 19.8 Å². The fraction of sp³-hybridized carbons (Fsp3) is 0.360. The summed E-state index contributed by atoms with van der Waals surface area (Å²) in [5.41, 5.74) is 4.58. The predicted octanol–water partition coefficient (Wildman–Crippen LogP) is 4.61. The molecule has 0 unspecified atom stereocenters. The standard InChI is InChI=1S/C25H26N4O3/c1-15-9-10-20(11-16(15)2)26-24(31)19-13-22(30)29(14-19)21-8-4-7-18(12-21)23-27-25(32-28-23)17-5-3-6-17/h4,7-12,17,19H,3,5-6,13-14H2,1-2H3,(H,26,31)/t19-/m1/s1. The second kappa shape index (κ2) is 8.22. The predicted molar refractivity (Wildman–Crippen MR) is 121 cm³/mol. The molecule has 164 valence electrons. The molecule has 2 aliphatic rings. The van der Waals surface area contributed by atoms with Gasteiger partial charge in [0.1, 0.15) is 0 Å². The number of nitrogens with zero attached hydrogens (tertiary/aromatic N) is 3. The van der Waals surface area contributed by atoms with Crippen LogP contribution >= 0.6 is 0 Å². The van der Waals surface area contributed by atoms with Crippen LogP contribution in [0.4, 0.5) is 11.4 Å². The molecule has 1 N–H and O–H groups in total. The molecule has 0 radical (unpaired) electrons. The van der Waals surface area contributed by atoms with Crippen LogP contribution in [0.2, 0.25) is 0 Å². The number of amides is 2. The molecule has 0 bridgehead atoms. The van der Waals surface area contributed by atoms with Crippen molar-refractivity contribution in [3.8, 4) is 11.4 Å². The van der Waals surface area contributed by atoms with E-state index in [0.29, 0.717) is 24.2 Å². The van der Waals surface area contributed by atoms with E-state index in [1.54, 1.807) is 4.90 Å². The summed E-state index contributed by atoms with van der Waals surface area (Å²) in [6.07, 6.45) is 3.58. The van der Waals surface area contributed by atoms with Crippen molar-refractivity contribution in [2.24, 2.45) is 5.92 Å². The van der Waals surface area contributed by atoms with Crippen molar-refractivity contribution in [2.45, 2.75) is 45.4 Å². The fourth-order valence-corrected chi connectivity index (χ4v) is 4.18. The van der Waals surface area contributed by atoms with Crippen LogP contribution < -0.4 is 10.2 Å². The van der Waals surface area contributed by atoms with E-state index in [0.717, 1.165) is 35.3 Å². The first kappa shape index (κ1) is 20.4. The van der Waals surface area contributed by atoms with Crippen molar-refractivity contribution in [3.63, 3.8) is 0 Å². The number of carbonyl (C=O) groups is 2. The summed E-state index contributed by atoms with van der Waals surface area (Å²) in [4.78, 5) is 31.7. The van der Waals surface area contributed by atoms with E-state index in [1.165, 1.54) is 12.0 Å². The van der Waals surface area contributed by atoms with Crippen LogP contribution in [-0.4, -0.2) is 28.5 Å². The maximum atomic E-state index is 12.8. The average Bonchev–Trinajstić information content (AvgIpc) is 3.37. The lowest BCUT2D eigenvalue weighted by Gasteiger charge is -2.20. The van der Waals surface area contributed by atoms with Gasteiger partial charge in [0.15, 0.2) is 0 Å². The molecular weight excluding hydrogens is 404 g/mol. The maximum Gasteiger partial charge on any atom is 0.230 e. The molecule has 0 spiro atoms. The van der Waals surface area contributed by atoms with Crippen LogP contribution in [0.25, 0.3) is 11.4 Å². The summed E-state index contributed by atoms with van der Waals surface area (Å²) >= 11 is 0. The van der Waals surface area contributed by atoms with E-state index in [4.69, 9.17) is 4.52 Å². The Kier molecular flexibility index (Phi) is 5.25. The number of aromatic nitrogens is 2. The smallest absolute Gasteiger partial charge is 0.230 e. The van der Waals surface area contributed by atoms with E-state index < -0.39 is 5.92 Å². The lowest BCUT2D eigenvalue weighted by atomic mass is 9.85. The van der Waals surface area contributed by atoms with E-state index >= 15 is 0 Å².